The normalized spacial score (nSPS) is 39.5. The maximum absolute atomic E-state index is 13.3. The van der Waals surface area contributed by atoms with E-state index in [1.807, 2.05) is 0 Å². The van der Waals surface area contributed by atoms with Gasteiger partial charge in [-0.15, -0.1) is 0 Å². The van der Waals surface area contributed by atoms with Gasteiger partial charge in [0.15, 0.2) is 0 Å². The van der Waals surface area contributed by atoms with E-state index in [-0.39, 0.29) is 17.9 Å². The van der Waals surface area contributed by atoms with E-state index in [2.05, 4.69) is 25.6 Å². The van der Waals surface area contributed by atoms with Crippen molar-refractivity contribution in [2.75, 3.05) is 6.54 Å². The minimum absolute atomic E-state index is 0.0662. The lowest BCUT2D eigenvalue weighted by Gasteiger charge is -2.36. The Balaban J connectivity index is 1.36. The second kappa shape index (κ2) is 8.93. The molecule has 0 aromatic carbocycles. The van der Waals surface area contributed by atoms with Crippen molar-refractivity contribution in [1.29, 1.82) is 0 Å². The van der Waals surface area contributed by atoms with Crippen LogP contribution in [0.3, 0.4) is 0 Å². The summed E-state index contributed by atoms with van der Waals surface area (Å²) in [6.45, 7) is 0.885. The van der Waals surface area contributed by atoms with E-state index in [1.165, 1.54) is 19.3 Å². The number of likely N-dealkylation sites (tertiary alicyclic amines) is 1. The zero-order chi connectivity index (χ0) is 19.7. The Morgan fingerprint density at radius 3 is 2.43 bits per heavy atom. The van der Waals surface area contributed by atoms with E-state index < -0.39 is 15.3 Å². The largest absolute Gasteiger partial charge is 0.339 e. The number of hydrogen-bond donors (Lipinski definition) is 1. The number of hydrogen-bond acceptors (Lipinski definition) is 3. The number of alkyl halides is 1. The van der Waals surface area contributed by atoms with Crippen LogP contribution in [-0.4, -0.2) is 47.9 Å². The number of carbonyl (C=O) groups excluding carboxylic acids is 1. The first kappa shape index (κ1) is 21.1. The summed E-state index contributed by atoms with van der Waals surface area (Å²) in [4.78, 5) is 15.9. The highest BCUT2D eigenvalue weighted by atomic mass is 79.9. The summed E-state index contributed by atoms with van der Waals surface area (Å²) in [5, 5.41) is -0.401. The summed E-state index contributed by atoms with van der Waals surface area (Å²) in [5.74, 6) is 0.829. The number of fused-ring (bicyclic) bond motifs is 1. The molecule has 0 bridgehead atoms. The van der Waals surface area contributed by atoms with Gasteiger partial charge in [-0.3, -0.25) is 4.79 Å². The molecular weight excluding hydrogens is 440 g/mol. The smallest absolute Gasteiger partial charge is 0.225 e. The number of sulfonamides is 1. The van der Waals surface area contributed by atoms with Crippen LogP contribution >= 0.6 is 15.9 Å². The van der Waals surface area contributed by atoms with Crippen LogP contribution in [0, 0.1) is 11.8 Å². The Morgan fingerprint density at radius 1 is 0.893 bits per heavy atom. The number of nitrogens with zero attached hydrogens (tertiary/aromatic N) is 1. The number of amides is 1. The molecule has 4 atom stereocenters. The number of carbonyl (C=O) groups is 1. The average molecular weight is 475 g/mol. The van der Waals surface area contributed by atoms with Gasteiger partial charge in [-0.2, -0.15) is 0 Å². The zero-order valence-corrected chi connectivity index (χ0v) is 19.2. The van der Waals surface area contributed by atoms with E-state index in [4.69, 9.17) is 0 Å². The molecule has 4 fully saturated rings. The second-order valence-electron chi connectivity index (χ2n) is 9.53. The molecule has 1 saturated heterocycles. The minimum Gasteiger partial charge on any atom is -0.339 e. The molecule has 7 heteroatoms. The van der Waals surface area contributed by atoms with Crippen molar-refractivity contribution in [3.05, 3.63) is 0 Å². The first-order valence-corrected chi connectivity index (χ1v) is 13.9. The van der Waals surface area contributed by atoms with Crippen molar-refractivity contribution in [2.45, 2.75) is 106 Å². The van der Waals surface area contributed by atoms with Gasteiger partial charge in [0, 0.05) is 29.4 Å². The maximum Gasteiger partial charge on any atom is 0.225 e. The fourth-order valence-electron chi connectivity index (χ4n) is 6.06. The second-order valence-corrected chi connectivity index (χ2v) is 12.8. The Bertz CT molecular complexity index is 663. The summed E-state index contributed by atoms with van der Waals surface area (Å²) in [5.41, 5.74) is 0. The molecule has 4 aliphatic rings. The van der Waals surface area contributed by atoms with Crippen LogP contribution in [0.15, 0.2) is 0 Å². The molecule has 28 heavy (non-hydrogen) atoms. The van der Waals surface area contributed by atoms with Crippen LogP contribution in [0.1, 0.15) is 83.5 Å². The monoisotopic (exact) mass is 474 g/mol. The molecule has 5 nitrogen and oxygen atoms in total. The maximum atomic E-state index is 13.3. The lowest BCUT2D eigenvalue weighted by Crippen LogP contribution is -2.47. The molecule has 1 amide bonds. The van der Waals surface area contributed by atoms with Gasteiger partial charge in [-0.25, -0.2) is 13.1 Å². The molecule has 4 unspecified atom stereocenters. The van der Waals surface area contributed by atoms with Crippen molar-refractivity contribution in [1.82, 2.24) is 9.62 Å². The van der Waals surface area contributed by atoms with Gasteiger partial charge in [-0.1, -0.05) is 35.2 Å². The highest BCUT2D eigenvalue weighted by Crippen LogP contribution is 2.39. The van der Waals surface area contributed by atoms with Crippen LogP contribution in [0.5, 0.6) is 0 Å². The van der Waals surface area contributed by atoms with Crippen LogP contribution in [-0.2, 0) is 14.8 Å². The summed E-state index contributed by atoms with van der Waals surface area (Å²) in [6, 6.07) is 0.493. The SMILES string of the molecule is O=C(C1CCCC(S(=O)(=O)NC2CCC(Br)CC2)C1)N1CCC2CCCCC21. The van der Waals surface area contributed by atoms with Gasteiger partial charge in [0.05, 0.1) is 5.25 Å². The molecular formula is C21H35BrN2O3S. The number of halogens is 1. The minimum atomic E-state index is -3.35. The summed E-state index contributed by atoms with van der Waals surface area (Å²) >= 11 is 3.63. The van der Waals surface area contributed by atoms with Gasteiger partial charge in [0.25, 0.3) is 0 Å². The molecule has 0 aromatic rings. The summed E-state index contributed by atoms with van der Waals surface area (Å²) in [7, 11) is -3.35. The molecule has 3 aliphatic carbocycles. The van der Waals surface area contributed by atoms with Gasteiger partial charge < -0.3 is 4.90 Å². The van der Waals surface area contributed by atoms with Crippen molar-refractivity contribution in [3.63, 3.8) is 0 Å². The molecule has 4 rings (SSSR count). The molecule has 0 radical (unpaired) electrons. The van der Waals surface area contributed by atoms with Gasteiger partial charge in [0.1, 0.15) is 0 Å². The van der Waals surface area contributed by atoms with Gasteiger partial charge >= 0.3 is 0 Å². The van der Waals surface area contributed by atoms with Gasteiger partial charge in [-0.05, 0) is 70.1 Å². The van der Waals surface area contributed by atoms with Crippen LogP contribution in [0.4, 0.5) is 0 Å². The predicted octanol–water partition coefficient (Wildman–Crippen LogP) is 3.96. The zero-order valence-electron chi connectivity index (χ0n) is 16.8. The molecule has 0 spiro atoms. The van der Waals surface area contributed by atoms with E-state index >= 15 is 0 Å². The highest BCUT2D eigenvalue weighted by molar-refractivity contribution is 9.09. The van der Waals surface area contributed by atoms with Crippen molar-refractivity contribution in [3.8, 4) is 0 Å². The Morgan fingerprint density at radius 2 is 1.64 bits per heavy atom. The van der Waals surface area contributed by atoms with Crippen molar-refractivity contribution >= 4 is 31.9 Å². The molecule has 1 N–H and O–H groups in total. The van der Waals surface area contributed by atoms with Crippen LogP contribution in [0.25, 0.3) is 0 Å². The predicted molar refractivity (Wildman–Crippen MR) is 115 cm³/mol. The van der Waals surface area contributed by atoms with E-state index in [0.29, 0.717) is 29.6 Å². The molecule has 1 heterocycles. The summed E-state index contributed by atoms with van der Waals surface area (Å²) < 4.78 is 29.0. The summed E-state index contributed by atoms with van der Waals surface area (Å²) in [6.07, 6.45) is 12.8. The third kappa shape index (κ3) is 4.61. The molecule has 1 aliphatic heterocycles. The Hall–Kier alpha value is -0.140. The molecule has 3 saturated carbocycles. The average Bonchev–Trinajstić information content (AvgIpc) is 3.13. The Labute approximate surface area is 178 Å². The van der Waals surface area contributed by atoms with Crippen LogP contribution < -0.4 is 4.72 Å². The third-order valence-electron chi connectivity index (χ3n) is 7.69. The van der Waals surface area contributed by atoms with Crippen molar-refractivity contribution in [2.24, 2.45) is 11.8 Å². The van der Waals surface area contributed by atoms with E-state index in [1.54, 1.807) is 0 Å². The fourth-order valence-corrected chi connectivity index (χ4v) is 8.45. The first-order chi connectivity index (χ1) is 13.4. The first-order valence-electron chi connectivity index (χ1n) is 11.4. The van der Waals surface area contributed by atoms with Crippen molar-refractivity contribution < 1.29 is 13.2 Å². The topological polar surface area (TPSA) is 66.5 Å². The standard InChI is InChI=1S/C21H35BrN2O3S/c22-17-8-10-18(11-9-17)23-28(26,27)19-6-3-5-16(14-19)21(25)24-13-12-15-4-1-2-7-20(15)24/h15-20,23H,1-14H2. The number of rotatable bonds is 4. The lowest BCUT2D eigenvalue weighted by molar-refractivity contribution is -0.138. The van der Waals surface area contributed by atoms with E-state index in [9.17, 15) is 13.2 Å². The van der Waals surface area contributed by atoms with Crippen LogP contribution in [0.2, 0.25) is 0 Å². The third-order valence-corrected chi connectivity index (χ3v) is 10.6. The molecule has 0 aromatic heterocycles. The van der Waals surface area contributed by atoms with E-state index in [0.717, 1.165) is 57.9 Å². The lowest BCUT2D eigenvalue weighted by atomic mass is 9.84. The fraction of sp³-hybridized carbons (Fsp3) is 0.952. The highest BCUT2D eigenvalue weighted by Gasteiger charge is 2.43. The Kier molecular flexibility index (Phi) is 6.73. The number of nitrogens with one attached hydrogen (secondary N) is 1. The molecule has 160 valence electrons. The van der Waals surface area contributed by atoms with Gasteiger partial charge in [0.2, 0.25) is 15.9 Å². The quantitative estimate of drug-likeness (QED) is 0.626.